The second kappa shape index (κ2) is 4.24. The summed E-state index contributed by atoms with van der Waals surface area (Å²) in [4.78, 5) is 23.3. The minimum Gasteiger partial charge on any atom is -0.465 e. The number of benzene rings is 1. The molecular weight excluding hydrogens is 244 g/mol. The van der Waals surface area contributed by atoms with Crippen molar-refractivity contribution in [2.75, 3.05) is 7.11 Å². The molecule has 6 heteroatoms. The van der Waals surface area contributed by atoms with E-state index in [4.69, 9.17) is 4.74 Å². The van der Waals surface area contributed by atoms with E-state index in [0.717, 1.165) is 16.9 Å². The van der Waals surface area contributed by atoms with Crippen LogP contribution in [0, 0.1) is 0 Å². The Morgan fingerprint density at radius 1 is 1.42 bits per heavy atom. The third kappa shape index (κ3) is 1.87. The maximum Gasteiger partial charge on any atom is 0.337 e. The van der Waals surface area contributed by atoms with E-state index in [1.165, 1.54) is 7.11 Å². The van der Waals surface area contributed by atoms with Gasteiger partial charge in [-0.3, -0.25) is 0 Å². The molecule has 2 heterocycles. The molecule has 2 aromatic heterocycles. The lowest BCUT2D eigenvalue weighted by Crippen LogP contribution is -2.00. The monoisotopic (exact) mass is 256 g/mol. The summed E-state index contributed by atoms with van der Waals surface area (Å²) in [5, 5.41) is 0. The number of esters is 1. The molecule has 1 N–H and O–H groups in total. The number of fused-ring (bicyclic) bond motifs is 1. The molecule has 0 amide bonds. The molecule has 3 rings (SSSR count). The van der Waals surface area contributed by atoms with Crippen LogP contribution in [0.2, 0.25) is 0 Å². The molecule has 0 aliphatic heterocycles. The van der Waals surface area contributed by atoms with E-state index in [1.807, 2.05) is 17.8 Å². The molecular formula is C13H12N4O2. The van der Waals surface area contributed by atoms with Crippen LogP contribution >= 0.6 is 0 Å². The zero-order chi connectivity index (χ0) is 13.4. The van der Waals surface area contributed by atoms with Crippen molar-refractivity contribution < 1.29 is 9.53 Å². The molecule has 0 atom stereocenters. The van der Waals surface area contributed by atoms with E-state index in [1.54, 1.807) is 24.4 Å². The highest BCUT2D eigenvalue weighted by Gasteiger charge is 2.11. The number of ether oxygens (including phenoxy) is 1. The van der Waals surface area contributed by atoms with Crippen LogP contribution in [0.25, 0.3) is 22.7 Å². The Morgan fingerprint density at radius 3 is 2.95 bits per heavy atom. The van der Waals surface area contributed by atoms with Gasteiger partial charge in [0.2, 0.25) is 0 Å². The van der Waals surface area contributed by atoms with Crippen molar-refractivity contribution in [1.29, 1.82) is 0 Å². The number of H-pyrrole nitrogens is 1. The van der Waals surface area contributed by atoms with E-state index >= 15 is 0 Å². The van der Waals surface area contributed by atoms with Crippen LogP contribution < -0.4 is 0 Å². The lowest BCUT2D eigenvalue weighted by molar-refractivity contribution is 0.0601. The van der Waals surface area contributed by atoms with Gasteiger partial charge in [0.25, 0.3) is 0 Å². The Hall–Kier alpha value is -2.63. The number of hydrogen-bond acceptors (Lipinski definition) is 4. The molecule has 0 saturated carbocycles. The van der Waals surface area contributed by atoms with E-state index < -0.39 is 0 Å². The van der Waals surface area contributed by atoms with Crippen LogP contribution in [-0.2, 0) is 11.8 Å². The average Bonchev–Trinajstić information content (AvgIpc) is 3.02. The molecule has 0 spiro atoms. The first-order valence-electron chi connectivity index (χ1n) is 5.75. The molecule has 3 aromatic rings. The van der Waals surface area contributed by atoms with Gasteiger partial charge < -0.3 is 14.3 Å². The number of hydrogen-bond donors (Lipinski definition) is 1. The first-order chi connectivity index (χ1) is 9.19. The van der Waals surface area contributed by atoms with E-state index in [9.17, 15) is 4.79 Å². The fourth-order valence-electron chi connectivity index (χ4n) is 1.95. The average molecular weight is 256 g/mol. The fourth-order valence-corrected chi connectivity index (χ4v) is 1.95. The van der Waals surface area contributed by atoms with Crippen LogP contribution in [0.5, 0.6) is 0 Å². The van der Waals surface area contributed by atoms with Crippen molar-refractivity contribution in [3.05, 3.63) is 36.2 Å². The van der Waals surface area contributed by atoms with Gasteiger partial charge in [0, 0.05) is 19.4 Å². The Labute approximate surface area is 109 Å². The van der Waals surface area contributed by atoms with Gasteiger partial charge in [0.05, 0.1) is 23.7 Å². The summed E-state index contributed by atoms with van der Waals surface area (Å²) in [6, 6.07) is 5.20. The van der Waals surface area contributed by atoms with Gasteiger partial charge in [-0.2, -0.15) is 0 Å². The van der Waals surface area contributed by atoms with Gasteiger partial charge in [0.1, 0.15) is 0 Å². The maximum absolute atomic E-state index is 11.5. The number of rotatable bonds is 2. The molecule has 0 bridgehead atoms. The Kier molecular flexibility index (Phi) is 2.56. The second-order valence-corrected chi connectivity index (χ2v) is 4.17. The van der Waals surface area contributed by atoms with Crippen LogP contribution in [0.15, 0.2) is 30.6 Å². The van der Waals surface area contributed by atoms with Crippen LogP contribution in [0.4, 0.5) is 0 Å². The number of nitrogens with zero attached hydrogens (tertiary/aromatic N) is 3. The van der Waals surface area contributed by atoms with Gasteiger partial charge in [-0.25, -0.2) is 14.8 Å². The summed E-state index contributed by atoms with van der Waals surface area (Å²) in [6.45, 7) is 0. The summed E-state index contributed by atoms with van der Waals surface area (Å²) in [7, 11) is 3.26. The standard InChI is InChI=1S/C13H12N4O2/c1-17-6-5-14-12(17)11-15-9-4-3-8(13(18)19-2)7-10(9)16-11/h3-7H,1-2H3,(H,15,16). The highest BCUT2D eigenvalue weighted by molar-refractivity contribution is 5.94. The lowest BCUT2D eigenvalue weighted by atomic mass is 10.2. The molecule has 0 aliphatic carbocycles. The first kappa shape index (κ1) is 11.5. The van der Waals surface area contributed by atoms with Gasteiger partial charge in [0.15, 0.2) is 11.6 Å². The van der Waals surface area contributed by atoms with E-state index in [0.29, 0.717) is 11.4 Å². The van der Waals surface area contributed by atoms with Gasteiger partial charge in [-0.1, -0.05) is 0 Å². The number of methoxy groups -OCH3 is 1. The van der Waals surface area contributed by atoms with Gasteiger partial charge >= 0.3 is 5.97 Å². The zero-order valence-electron chi connectivity index (χ0n) is 10.5. The normalized spacial score (nSPS) is 10.8. The molecule has 1 aromatic carbocycles. The number of aromatic nitrogens is 4. The zero-order valence-corrected chi connectivity index (χ0v) is 10.5. The topological polar surface area (TPSA) is 72.8 Å². The first-order valence-corrected chi connectivity index (χ1v) is 5.75. The molecule has 0 aliphatic rings. The Morgan fingerprint density at radius 2 is 2.26 bits per heavy atom. The largest absolute Gasteiger partial charge is 0.465 e. The predicted octanol–water partition coefficient (Wildman–Crippen LogP) is 1.75. The van der Waals surface area contributed by atoms with Crippen molar-refractivity contribution in [2.45, 2.75) is 0 Å². The molecule has 6 nitrogen and oxygen atoms in total. The maximum atomic E-state index is 11.5. The van der Waals surface area contributed by atoms with Crippen molar-refractivity contribution >= 4 is 17.0 Å². The number of imidazole rings is 2. The number of aromatic amines is 1. The minimum atomic E-state index is -0.366. The van der Waals surface area contributed by atoms with Crippen molar-refractivity contribution in [1.82, 2.24) is 19.5 Å². The number of carbonyl (C=O) groups is 1. The number of aryl methyl sites for hydroxylation is 1. The molecule has 0 unspecified atom stereocenters. The molecule has 19 heavy (non-hydrogen) atoms. The predicted molar refractivity (Wildman–Crippen MR) is 69.6 cm³/mol. The minimum absolute atomic E-state index is 0.366. The fraction of sp³-hybridized carbons (Fsp3) is 0.154. The van der Waals surface area contributed by atoms with E-state index in [2.05, 4.69) is 15.0 Å². The highest BCUT2D eigenvalue weighted by Crippen LogP contribution is 2.20. The number of carbonyl (C=O) groups excluding carboxylic acids is 1. The Balaban J connectivity index is 2.11. The summed E-state index contributed by atoms with van der Waals surface area (Å²) < 4.78 is 6.57. The molecule has 0 fully saturated rings. The second-order valence-electron chi connectivity index (χ2n) is 4.17. The molecule has 0 saturated heterocycles. The number of nitrogens with one attached hydrogen (secondary N) is 1. The third-order valence-electron chi connectivity index (χ3n) is 2.94. The lowest BCUT2D eigenvalue weighted by Gasteiger charge is -1.97. The van der Waals surface area contributed by atoms with Crippen molar-refractivity contribution in [2.24, 2.45) is 7.05 Å². The summed E-state index contributed by atoms with van der Waals surface area (Å²) in [6.07, 6.45) is 3.56. The summed E-state index contributed by atoms with van der Waals surface area (Å²) >= 11 is 0. The van der Waals surface area contributed by atoms with Crippen LogP contribution in [0.1, 0.15) is 10.4 Å². The summed E-state index contributed by atoms with van der Waals surface area (Å²) in [5.74, 6) is 1.05. The van der Waals surface area contributed by atoms with Crippen LogP contribution in [0.3, 0.4) is 0 Å². The van der Waals surface area contributed by atoms with Crippen molar-refractivity contribution in [3.8, 4) is 11.6 Å². The van der Waals surface area contributed by atoms with Crippen LogP contribution in [-0.4, -0.2) is 32.6 Å². The van der Waals surface area contributed by atoms with E-state index in [-0.39, 0.29) is 5.97 Å². The smallest absolute Gasteiger partial charge is 0.337 e. The third-order valence-corrected chi connectivity index (χ3v) is 2.94. The highest BCUT2D eigenvalue weighted by atomic mass is 16.5. The summed E-state index contributed by atoms with van der Waals surface area (Å²) in [5.41, 5.74) is 2.05. The van der Waals surface area contributed by atoms with Crippen molar-refractivity contribution in [3.63, 3.8) is 0 Å². The quantitative estimate of drug-likeness (QED) is 0.709. The SMILES string of the molecule is COC(=O)c1ccc2nc(-c3nccn3C)[nH]c2c1. The molecule has 96 valence electrons. The molecule has 0 radical (unpaired) electrons. The van der Waals surface area contributed by atoms with Gasteiger partial charge in [-0.15, -0.1) is 0 Å². The Bertz CT molecular complexity index is 757. The van der Waals surface area contributed by atoms with Gasteiger partial charge in [-0.05, 0) is 18.2 Å².